The van der Waals surface area contributed by atoms with Crippen LogP contribution in [0.1, 0.15) is 39.0 Å². The number of benzene rings is 1. The lowest BCUT2D eigenvalue weighted by Gasteiger charge is -2.23. The monoisotopic (exact) mass is 303 g/mol. The van der Waals surface area contributed by atoms with Gasteiger partial charge in [-0.05, 0) is 48.9 Å². The van der Waals surface area contributed by atoms with Crippen LogP contribution in [0, 0.1) is 5.92 Å². The van der Waals surface area contributed by atoms with Crippen LogP contribution in [0.2, 0.25) is 5.28 Å². The summed E-state index contributed by atoms with van der Waals surface area (Å²) in [5.74, 6) is 1.87. The fraction of sp³-hybridized carbons (Fsp3) is 0.529. The summed E-state index contributed by atoms with van der Waals surface area (Å²) in [7, 11) is 0. The highest BCUT2D eigenvalue weighted by atomic mass is 35.5. The van der Waals surface area contributed by atoms with Gasteiger partial charge in [-0.2, -0.15) is 4.98 Å². The highest BCUT2D eigenvalue weighted by Crippen LogP contribution is 2.29. The van der Waals surface area contributed by atoms with Gasteiger partial charge in [0, 0.05) is 18.5 Å². The number of para-hydroxylation sites is 1. The van der Waals surface area contributed by atoms with Gasteiger partial charge in [-0.15, -0.1) is 0 Å². The SMILES string of the molecule is CCCC1CCCN(c2nc(Cl)nc3ccccc23)CC1. The van der Waals surface area contributed by atoms with Crippen LogP contribution in [-0.4, -0.2) is 23.1 Å². The molecule has 4 heteroatoms. The molecule has 0 bridgehead atoms. The van der Waals surface area contributed by atoms with E-state index in [1.54, 1.807) is 0 Å². The van der Waals surface area contributed by atoms with Crippen LogP contribution in [0.4, 0.5) is 5.82 Å². The fourth-order valence-corrected chi connectivity index (χ4v) is 3.52. The molecule has 2 aromatic rings. The molecular formula is C17H22ClN3. The third kappa shape index (κ3) is 3.29. The maximum Gasteiger partial charge on any atom is 0.224 e. The fourth-order valence-electron chi connectivity index (χ4n) is 3.35. The van der Waals surface area contributed by atoms with Crippen molar-refractivity contribution in [2.45, 2.75) is 39.0 Å². The normalized spacial score (nSPS) is 19.7. The quantitative estimate of drug-likeness (QED) is 0.770. The predicted octanol–water partition coefficient (Wildman–Crippen LogP) is 4.69. The van der Waals surface area contributed by atoms with Gasteiger partial charge in [0.15, 0.2) is 0 Å². The number of anilines is 1. The van der Waals surface area contributed by atoms with E-state index in [9.17, 15) is 0 Å². The molecule has 0 saturated carbocycles. The Morgan fingerprint density at radius 2 is 2.05 bits per heavy atom. The van der Waals surface area contributed by atoms with Crippen LogP contribution in [0.15, 0.2) is 24.3 Å². The molecule has 3 nitrogen and oxygen atoms in total. The van der Waals surface area contributed by atoms with Crippen molar-refractivity contribution < 1.29 is 0 Å². The maximum atomic E-state index is 6.11. The largest absolute Gasteiger partial charge is 0.356 e. The zero-order valence-corrected chi connectivity index (χ0v) is 13.3. The van der Waals surface area contributed by atoms with E-state index < -0.39 is 0 Å². The lowest BCUT2D eigenvalue weighted by atomic mass is 9.96. The molecule has 0 aliphatic carbocycles. The van der Waals surface area contributed by atoms with E-state index in [4.69, 9.17) is 11.6 Å². The summed E-state index contributed by atoms with van der Waals surface area (Å²) in [5, 5.41) is 1.45. The summed E-state index contributed by atoms with van der Waals surface area (Å²) in [6, 6.07) is 8.13. The molecule has 1 aliphatic heterocycles. The lowest BCUT2D eigenvalue weighted by molar-refractivity contribution is 0.435. The molecule has 21 heavy (non-hydrogen) atoms. The molecule has 1 aromatic carbocycles. The van der Waals surface area contributed by atoms with Crippen LogP contribution in [0.25, 0.3) is 10.9 Å². The summed E-state index contributed by atoms with van der Waals surface area (Å²) in [4.78, 5) is 11.2. The minimum atomic E-state index is 0.345. The summed E-state index contributed by atoms with van der Waals surface area (Å²) < 4.78 is 0. The van der Waals surface area contributed by atoms with E-state index in [0.717, 1.165) is 35.7 Å². The summed E-state index contributed by atoms with van der Waals surface area (Å²) >= 11 is 6.11. The van der Waals surface area contributed by atoms with Crippen LogP contribution < -0.4 is 4.90 Å². The van der Waals surface area contributed by atoms with Crippen molar-refractivity contribution in [2.75, 3.05) is 18.0 Å². The minimum Gasteiger partial charge on any atom is -0.356 e. The predicted molar refractivity (Wildman–Crippen MR) is 89.0 cm³/mol. The number of halogens is 1. The van der Waals surface area contributed by atoms with E-state index in [1.165, 1.54) is 32.1 Å². The van der Waals surface area contributed by atoms with Gasteiger partial charge in [0.05, 0.1) is 5.52 Å². The van der Waals surface area contributed by atoms with E-state index in [0.29, 0.717) is 5.28 Å². The number of rotatable bonds is 3. The standard InChI is InChI=1S/C17H22ClN3/c1-2-6-13-7-5-11-21(12-10-13)16-14-8-3-4-9-15(14)19-17(18)20-16/h3-4,8-9,13H,2,5-7,10-12H2,1H3. The Hall–Kier alpha value is -1.35. The first-order valence-electron chi connectivity index (χ1n) is 7.95. The summed E-state index contributed by atoms with van der Waals surface area (Å²) in [6.07, 6.45) is 6.46. The number of nitrogens with zero attached hydrogens (tertiary/aromatic N) is 3. The average Bonchev–Trinajstić information content (AvgIpc) is 2.72. The Balaban J connectivity index is 1.89. The number of hydrogen-bond acceptors (Lipinski definition) is 3. The molecular weight excluding hydrogens is 282 g/mol. The molecule has 1 saturated heterocycles. The molecule has 1 aromatic heterocycles. The van der Waals surface area contributed by atoms with E-state index in [2.05, 4.69) is 27.9 Å². The molecule has 1 fully saturated rings. The second kappa shape index (κ2) is 6.61. The maximum absolute atomic E-state index is 6.11. The highest BCUT2D eigenvalue weighted by Gasteiger charge is 2.19. The Labute approximate surface area is 131 Å². The van der Waals surface area contributed by atoms with E-state index in [1.807, 2.05) is 18.2 Å². The molecule has 0 radical (unpaired) electrons. The second-order valence-electron chi connectivity index (χ2n) is 5.91. The Morgan fingerprint density at radius 1 is 1.19 bits per heavy atom. The zero-order valence-electron chi connectivity index (χ0n) is 12.6. The first-order valence-corrected chi connectivity index (χ1v) is 8.33. The Morgan fingerprint density at radius 3 is 2.90 bits per heavy atom. The van der Waals surface area contributed by atoms with Crippen molar-refractivity contribution in [1.29, 1.82) is 0 Å². The molecule has 1 aliphatic rings. The van der Waals surface area contributed by atoms with Crippen molar-refractivity contribution >= 4 is 28.3 Å². The first-order chi connectivity index (χ1) is 10.3. The van der Waals surface area contributed by atoms with Gasteiger partial charge in [0.2, 0.25) is 5.28 Å². The van der Waals surface area contributed by atoms with Gasteiger partial charge in [-0.3, -0.25) is 0 Å². The Kier molecular flexibility index (Phi) is 4.59. The molecule has 3 rings (SSSR count). The minimum absolute atomic E-state index is 0.345. The molecule has 0 N–H and O–H groups in total. The van der Waals surface area contributed by atoms with Crippen LogP contribution in [0.5, 0.6) is 0 Å². The number of hydrogen-bond donors (Lipinski definition) is 0. The summed E-state index contributed by atoms with van der Waals surface area (Å²) in [6.45, 7) is 4.42. The van der Waals surface area contributed by atoms with Crippen molar-refractivity contribution in [3.8, 4) is 0 Å². The van der Waals surface area contributed by atoms with Gasteiger partial charge in [0.1, 0.15) is 5.82 Å². The number of aromatic nitrogens is 2. The van der Waals surface area contributed by atoms with E-state index >= 15 is 0 Å². The molecule has 2 heterocycles. The molecule has 0 spiro atoms. The van der Waals surface area contributed by atoms with Crippen molar-refractivity contribution in [3.05, 3.63) is 29.5 Å². The zero-order chi connectivity index (χ0) is 14.7. The van der Waals surface area contributed by atoms with Crippen LogP contribution >= 0.6 is 11.6 Å². The van der Waals surface area contributed by atoms with Crippen molar-refractivity contribution in [3.63, 3.8) is 0 Å². The third-order valence-electron chi connectivity index (χ3n) is 4.40. The van der Waals surface area contributed by atoms with Gasteiger partial charge < -0.3 is 4.90 Å². The number of fused-ring (bicyclic) bond motifs is 1. The second-order valence-corrected chi connectivity index (χ2v) is 6.24. The van der Waals surface area contributed by atoms with Crippen molar-refractivity contribution in [1.82, 2.24) is 9.97 Å². The van der Waals surface area contributed by atoms with Gasteiger partial charge >= 0.3 is 0 Å². The van der Waals surface area contributed by atoms with Gasteiger partial charge in [-0.25, -0.2) is 4.98 Å². The smallest absolute Gasteiger partial charge is 0.224 e. The summed E-state index contributed by atoms with van der Waals surface area (Å²) in [5.41, 5.74) is 0.932. The van der Waals surface area contributed by atoms with E-state index in [-0.39, 0.29) is 0 Å². The van der Waals surface area contributed by atoms with Crippen LogP contribution in [-0.2, 0) is 0 Å². The van der Waals surface area contributed by atoms with Gasteiger partial charge in [-0.1, -0.05) is 31.9 Å². The lowest BCUT2D eigenvalue weighted by Crippen LogP contribution is -2.25. The highest BCUT2D eigenvalue weighted by molar-refractivity contribution is 6.28. The first kappa shape index (κ1) is 14.6. The van der Waals surface area contributed by atoms with Crippen LogP contribution in [0.3, 0.4) is 0 Å². The molecule has 112 valence electrons. The van der Waals surface area contributed by atoms with Gasteiger partial charge in [0.25, 0.3) is 0 Å². The third-order valence-corrected chi connectivity index (χ3v) is 4.57. The molecule has 0 amide bonds. The average molecular weight is 304 g/mol. The topological polar surface area (TPSA) is 29.0 Å². The molecule has 1 atom stereocenters. The molecule has 1 unspecified atom stereocenters. The Bertz CT molecular complexity index is 614. The van der Waals surface area contributed by atoms with Crippen molar-refractivity contribution in [2.24, 2.45) is 5.92 Å².